The Morgan fingerprint density at radius 3 is 2.72 bits per heavy atom. The lowest BCUT2D eigenvalue weighted by Gasteiger charge is -2.37. The number of nitrogens with zero attached hydrogens (tertiary/aromatic N) is 1. The maximum absolute atomic E-state index is 12.8. The third-order valence-corrected chi connectivity index (χ3v) is 8.91. The minimum atomic E-state index is -0.988. The van der Waals surface area contributed by atoms with Gasteiger partial charge in [0.2, 0.25) is 0 Å². The van der Waals surface area contributed by atoms with Crippen molar-refractivity contribution in [1.29, 1.82) is 0 Å². The van der Waals surface area contributed by atoms with Crippen LogP contribution in [0.5, 0.6) is 5.75 Å². The van der Waals surface area contributed by atoms with Gasteiger partial charge in [-0.3, -0.25) is 9.69 Å². The van der Waals surface area contributed by atoms with Crippen LogP contribution in [0.2, 0.25) is 0 Å². The van der Waals surface area contributed by atoms with Crippen molar-refractivity contribution < 1.29 is 34.0 Å². The van der Waals surface area contributed by atoms with E-state index in [0.29, 0.717) is 43.3 Å². The van der Waals surface area contributed by atoms with Gasteiger partial charge < -0.3 is 24.4 Å². The lowest BCUT2D eigenvalue weighted by atomic mass is 9.71. The second-order valence-electron chi connectivity index (χ2n) is 11.4. The van der Waals surface area contributed by atoms with E-state index in [0.717, 1.165) is 44.1 Å². The molecule has 2 N–H and O–H groups in total. The molecule has 2 saturated carbocycles. The van der Waals surface area contributed by atoms with Crippen LogP contribution < -0.4 is 4.74 Å². The molecule has 1 heterocycles. The molecule has 3 fully saturated rings. The SMILES string of the molecule is C[C@@H](C[C@@H](OC(=O)C1CCOC1)N(C)C1CC1)[C@H]1[C@H](O)CC2Cc3c(cccc3OCC(=O)O)C[C@@H]21. The number of carboxylic acid groups (broad SMARTS) is 1. The molecule has 8 heteroatoms. The third kappa shape index (κ3) is 5.41. The number of hydrogen-bond acceptors (Lipinski definition) is 7. The van der Waals surface area contributed by atoms with Crippen molar-refractivity contribution in [3.63, 3.8) is 0 Å². The van der Waals surface area contributed by atoms with Crippen LogP contribution in [0.3, 0.4) is 0 Å². The normalized spacial score (nSPS) is 30.9. The van der Waals surface area contributed by atoms with Crippen molar-refractivity contribution in [3.05, 3.63) is 29.3 Å². The summed E-state index contributed by atoms with van der Waals surface area (Å²) in [6, 6.07) is 6.32. The van der Waals surface area contributed by atoms with E-state index in [9.17, 15) is 14.7 Å². The number of hydrogen-bond donors (Lipinski definition) is 2. The quantitative estimate of drug-likeness (QED) is 0.373. The molecule has 1 aromatic carbocycles. The molecule has 36 heavy (non-hydrogen) atoms. The Labute approximate surface area is 212 Å². The van der Waals surface area contributed by atoms with E-state index in [1.165, 1.54) is 5.56 Å². The maximum atomic E-state index is 12.8. The summed E-state index contributed by atoms with van der Waals surface area (Å²) in [5.74, 6) is 0.283. The van der Waals surface area contributed by atoms with E-state index in [2.05, 4.69) is 24.9 Å². The highest BCUT2D eigenvalue weighted by atomic mass is 16.6. The van der Waals surface area contributed by atoms with Crippen LogP contribution in [0.15, 0.2) is 18.2 Å². The van der Waals surface area contributed by atoms with E-state index in [4.69, 9.17) is 19.3 Å². The van der Waals surface area contributed by atoms with Crippen LogP contribution in [-0.2, 0) is 31.9 Å². The number of aliphatic hydroxyl groups is 1. The van der Waals surface area contributed by atoms with E-state index in [1.54, 1.807) is 0 Å². The second kappa shape index (κ2) is 10.7. The number of carboxylic acids is 1. The molecule has 3 aliphatic carbocycles. The standard InChI is InChI=1S/C28H39NO7/c1-16(10-25(29(2)20-6-7-20)36-28(33)18-8-9-34-14-18)27-22-11-17-4-3-5-24(35-15-26(31)32)21(17)12-19(22)13-23(27)30/h3-5,16,18-20,22-23,25,27,30H,6-15H2,1-2H3,(H,31,32)/t16-,18?,19?,22-,23+,25+,27+/m0/s1. The Hall–Kier alpha value is -2.16. The van der Waals surface area contributed by atoms with Gasteiger partial charge in [-0.05, 0) is 86.4 Å². The maximum Gasteiger partial charge on any atom is 0.341 e. The van der Waals surface area contributed by atoms with E-state index in [-0.39, 0.29) is 36.6 Å². The first-order valence-corrected chi connectivity index (χ1v) is 13.5. The van der Waals surface area contributed by atoms with Crippen LogP contribution in [-0.4, -0.2) is 72.3 Å². The monoisotopic (exact) mass is 501 g/mol. The molecule has 0 radical (unpaired) electrons. The van der Waals surface area contributed by atoms with Gasteiger partial charge in [-0.25, -0.2) is 4.79 Å². The first-order valence-electron chi connectivity index (χ1n) is 13.5. The Kier molecular flexibility index (Phi) is 7.56. The number of benzene rings is 1. The summed E-state index contributed by atoms with van der Waals surface area (Å²) in [6.07, 6.45) is 5.35. The lowest BCUT2D eigenvalue weighted by molar-refractivity contribution is -0.166. The fourth-order valence-electron chi connectivity index (χ4n) is 6.85. The minimum Gasteiger partial charge on any atom is -0.482 e. The highest BCUT2D eigenvalue weighted by molar-refractivity contribution is 5.73. The Balaban J connectivity index is 1.29. The van der Waals surface area contributed by atoms with Crippen LogP contribution in [0.25, 0.3) is 0 Å². The predicted octanol–water partition coefficient (Wildman–Crippen LogP) is 2.89. The van der Waals surface area contributed by atoms with Gasteiger partial charge in [0.05, 0.1) is 18.6 Å². The molecule has 1 aromatic rings. The molecule has 0 bridgehead atoms. The van der Waals surface area contributed by atoms with Crippen LogP contribution >= 0.6 is 0 Å². The topological polar surface area (TPSA) is 106 Å². The molecule has 5 rings (SSSR count). The van der Waals surface area contributed by atoms with Gasteiger partial charge in [0.1, 0.15) is 5.75 Å². The van der Waals surface area contributed by atoms with Gasteiger partial charge in [-0.2, -0.15) is 0 Å². The molecule has 4 aliphatic rings. The van der Waals surface area contributed by atoms with Gasteiger partial charge in [0, 0.05) is 19.1 Å². The van der Waals surface area contributed by atoms with E-state index < -0.39 is 12.1 Å². The van der Waals surface area contributed by atoms with E-state index >= 15 is 0 Å². The first-order chi connectivity index (χ1) is 17.3. The molecular formula is C28H39NO7. The number of aliphatic carboxylic acids is 1. The zero-order valence-corrected chi connectivity index (χ0v) is 21.3. The second-order valence-corrected chi connectivity index (χ2v) is 11.4. The summed E-state index contributed by atoms with van der Waals surface area (Å²) in [7, 11) is 2.05. The first kappa shape index (κ1) is 25.5. The molecule has 0 aromatic heterocycles. The van der Waals surface area contributed by atoms with Crippen LogP contribution in [0.1, 0.15) is 50.2 Å². The lowest BCUT2D eigenvalue weighted by Crippen LogP contribution is -2.42. The number of carbonyl (C=O) groups excluding carboxylic acids is 1. The molecular weight excluding hydrogens is 462 g/mol. The number of aliphatic hydroxyl groups excluding tert-OH is 1. The van der Waals surface area contributed by atoms with E-state index in [1.807, 2.05) is 12.1 Å². The Morgan fingerprint density at radius 1 is 1.22 bits per heavy atom. The molecule has 0 spiro atoms. The van der Waals surface area contributed by atoms with Gasteiger partial charge >= 0.3 is 11.9 Å². The third-order valence-electron chi connectivity index (χ3n) is 8.91. The molecule has 7 atom stereocenters. The van der Waals surface area contributed by atoms with Crippen molar-refractivity contribution in [2.75, 3.05) is 26.9 Å². The van der Waals surface area contributed by atoms with Gasteiger partial charge in [0.25, 0.3) is 0 Å². The van der Waals surface area contributed by atoms with Crippen molar-refractivity contribution >= 4 is 11.9 Å². The number of rotatable bonds is 10. The van der Waals surface area contributed by atoms with Crippen molar-refractivity contribution in [1.82, 2.24) is 4.90 Å². The van der Waals surface area contributed by atoms with Crippen molar-refractivity contribution in [2.24, 2.45) is 29.6 Å². The number of esters is 1. The van der Waals surface area contributed by atoms with Crippen molar-refractivity contribution in [3.8, 4) is 5.75 Å². The summed E-state index contributed by atoms with van der Waals surface area (Å²) in [5.41, 5.74) is 2.27. The Bertz CT molecular complexity index is 957. The van der Waals surface area contributed by atoms with Gasteiger partial charge in [-0.15, -0.1) is 0 Å². The molecule has 198 valence electrons. The Morgan fingerprint density at radius 2 is 2.03 bits per heavy atom. The fraction of sp³-hybridized carbons (Fsp3) is 0.714. The number of ether oxygens (including phenoxy) is 3. The number of carbonyl (C=O) groups is 2. The average Bonchev–Trinajstić information content (AvgIpc) is 3.44. The summed E-state index contributed by atoms with van der Waals surface area (Å²) in [6.45, 7) is 2.89. The smallest absolute Gasteiger partial charge is 0.341 e. The molecule has 8 nitrogen and oxygen atoms in total. The van der Waals surface area contributed by atoms with Crippen molar-refractivity contribution in [2.45, 2.75) is 70.2 Å². The summed E-state index contributed by atoms with van der Waals surface area (Å²) in [4.78, 5) is 26.1. The molecule has 2 unspecified atom stereocenters. The van der Waals surface area contributed by atoms with Gasteiger partial charge in [0.15, 0.2) is 12.8 Å². The number of fused-ring (bicyclic) bond motifs is 2. The summed E-state index contributed by atoms with van der Waals surface area (Å²) in [5, 5.41) is 20.2. The highest BCUT2D eigenvalue weighted by Gasteiger charge is 2.48. The fourth-order valence-corrected chi connectivity index (χ4v) is 6.85. The zero-order valence-electron chi connectivity index (χ0n) is 21.3. The largest absolute Gasteiger partial charge is 0.482 e. The van der Waals surface area contributed by atoms with Gasteiger partial charge in [-0.1, -0.05) is 19.1 Å². The molecule has 1 aliphatic heterocycles. The average molecular weight is 502 g/mol. The van der Waals surface area contributed by atoms with Crippen LogP contribution in [0.4, 0.5) is 0 Å². The zero-order chi connectivity index (χ0) is 25.4. The molecule has 0 amide bonds. The van der Waals surface area contributed by atoms with Crippen LogP contribution in [0, 0.1) is 29.6 Å². The predicted molar refractivity (Wildman–Crippen MR) is 131 cm³/mol. The minimum absolute atomic E-state index is 0.121. The molecule has 1 saturated heterocycles. The summed E-state index contributed by atoms with van der Waals surface area (Å²) >= 11 is 0. The highest BCUT2D eigenvalue weighted by Crippen LogP contribution is 2.50. The summed E-state index contributed by atoms with van der Waals surface area (Å²) < 4.78 is 17.0.